The highest BCUT2D eigenvalue weighted by Crippen LogP contribution is 2.41. The highest BCUT2D eigenvalue weighted by atomic mass is 19.3. The Morgan fingerprint density at radius 2 is 2.21 bits per heavy atom. The Balaban J connectivity index is 1.95. The van der Waals surface area contributed by atoms with Gasteiger partial charge < -0.3 is 5.11 Å². The normalized spacial score (nSPS) is 18.5. The molecule has 0 amide bonds. The second kappa shape index (κ2) is 6.30. The number of hydrogen-bond donors (Lipinski definition) is 1. The molecule has 126 valence electrons. The third kappa shape index (κ3) is 3.03. The Kier molecular flexibility index (Phi) is 4.35. The van der Waals surface area contributed by atoms with E-state index in [2.05, 4.69) is 4.98 Å². The monoisotopic (exact) mass is 331 g/mol. The summed E-state index contributed by atoms with van der Waals surface area (Å²) in [5.41, 5.74) is 2.77. The second-order valence-electron chi connectivity index (χ2n) is 6.22. The lowest BCUT2D eigenvalue weighted by Gasteiger charge is -2.29. The zero-order chi connectivity index (χ0) is 17.3. The fraction of sp³-hybridized carbons (Fsp3) is 0.368. The van der Waals surface area contributed by atoms with Gasteiger partial charge in [0, 0.05) is 29.5 Å². The Bertz CT molecular complexity index is 814. The molecule has 1 N–H and O–H groups in total. The molecule has 5 heteroatoms. The molecule has 1 heterocycles. The molecule has 0 saturated heterocycles. The first kappa shape index (κ1) is 16.6. The molecular weight excluding hydrogens is 312 g/mol. The van der Waals surface area contributed by atoms with Crippen molar-refractivity contribution in [3.8, 4) is 0 Å². The van der Waals surface area contributed by atoms with Crippen LogP contribution in [0.15, 0.2) is 36.5 Å². The molecule has 0 aliphatic heterocycles. The smallest absolute Gasteiger partial charge is 0.337 e. The quantitative estimate of drug-likeness (QED) is 0.841. The number of carboxylic acid groups (broad SMARTS) is 1. The molecule has 0 bridgehead atoms. The molecule has 24 heavy (non-hydrogen) atoms. The first-order valence-corrected chi connectivity index (χ1v) is 8.11. The minimum Gasteiger partial charge on any atom is -0.478 e. The summed E-state index contributed by atoms with van der Waals surface area (Å²) >= 11 is 0. The van der Waals surface area contributed by atoms with Gasteiger partial charge in [0.2, 0.25) is 0 Å². The maximum absolute atomic E-state index is 13.8. The Labute approximate surface area is 139 Å². The first-order chi connectivity index (χ1) is 11.4. The number of nitrogens with zero attached hydrogens (tertiary/aromatic N) is 1. The van der Waals surface area contributed by atoms with E-state index in [-0.39, 0.29) is 12.0 Å². The van der Waals surface area contributed by atoms with Gasteiger partial charge in [-0.3, -0.25) is 4.98 Å². The van der Waals surface area contributed by atoms with Crippen molar-refractivity contribution in [2.75, 3.05) is 0 Å². The van der Waals surface area contributed by atoms with Gasteiger partial charge in [-0.15, -0.1) is 0 Å². The summed E-state index contributed by atoms with van der Waals surface area (Å²) in [4.78, 5) is 15.4. The standard InChI is InChI=1S/C19H19F2NO2/c1-2-19(20,21)15-8-6-12(7-9-15)16-5-3-4-13-10-14(18(23)24)11-22-17(13)16/h3-6,10-11,15H,2,7-9H2,1H3,(H,23,24). The fourth-order valence-electron chi connectivity index (χ4n) is 3.29. The third-order valence-electron chi connectivity index (χ3n) is 4.78. The molecule has 3 rings (SSSR count). The number of para-hydroxylation sites is 1. The predicted molar refractivity (Wildman–Crippen MR) is 89.3 cm³/mol. The number of carbonyl (C=O) groups is 1. The second-order valence-corrected chi connectivity index (χ2v) is 6.22. The number of rotatable bonds is 4. The van der Waals surface area contributed by atoms with Gasteiger partial charge >= 0.3 is 5.97 Å². The van der Waals surface area contributed by atoms with Gasteiger partial charge in [0.15, 0.2) is 0 Å². The number of aromatic nitrogens is 1. The molecule has 0 fully saturated rings. The van der Waals surface area contributed by atoms with Gasteiger partial charge in [-0.25, -0.2) is 13.6 Å². The summed E-state index contributed by atoms with van der Waals surface area (Å²) < 4.78 is 27.7. The minimum absolute atomic E-state index is 0.130. The van der Waals surface area contributed by atoms with Crippen LogP contribution >= 0.6 is 0 Å². The molecule has 1 aliphatic carbocycles. The van der Waals surface area contributed by atoms with Crippen molar-refractivity contribution in [1.29, 1.82) is 0 Å². The Morgan fingerprint density at radius 3 is 2.83 bits per heavy atom. The van der Waals surface area contributed by atoms with Gasteiger partial charge in [-0.05, 0) is 30.9 Å². The molecular formula is C19H19F2NO2. The Morgan fingerprint density at radius 1 is 1.42 bits per heavy atom. The van der Waals surface area contributed by atoms with E-state index in [9.17, 15) is 13.6 Å². The predicted octanol–water partition coefficient (Wildman–Crippen LogP) is 5.16. The largest absolute Gasteiger partial charge is 0.478 e. The average molecular weight is 331 g/mol. The lowest BCUT2D eigenvalue weighted by Crippen LogP contribution is -2.28. The number of benzene rings is 1. The van der Waals surface area contributed by atoms with E-state index < -0.39 is 17.8 Å². The molecule has 1 aliphatic rings. The van der Waals surface area contributed by atoms with Crippen molar-refractivity contribution < 1.29 is 18.7 Å². The summed E-state index contributed by atoms with van der Waals surface area (Å²) in [5.74, 6) is -4.24. The van der Waals surface area contributed by atoms with Crippen molar-refractivity contribution in [2.45, 2.75) is 38.5 Å². The molecule has 1 aromatic carbocycles. The van der Waals surface area contributed by atoms with E-state index in [1.54, 1.807) is 6.07 Å². The summed E-state index contributed by atoms with van der Waals surface area (Å²) in [6.45, 7) is 1.52. The van der Waals surface area contributed by atoms with Crippen LogP contribution in [0.1, 0.15) is 48.5 Å². The van der Waals surface area contributed by atoms with Gasteiger partial charge in [0.1, 0.15) is 0 Å². The number of alkyl halides is 2. The Hall–Kier alpha value is -2.30. The van der Waals surface area contributed by atoms with Crippen LogP contribution in [0.4, 0.5) is 8.78 Å². The topological polar surface area (TPSA) is 50.2 Å². The van der Waals surface area contributed by atoms with E-state index in [1.807, 2.05) is 24.3 Å². The molecule has 2 aromatic rings. The van der Waals surface area contributed by atoms with Crippen LogP contribution in [0.5, 0.6) is 0 Å². The van der Waals surface area contributed by atoms with Crippen LogP contribution in [0, 0.1) is 5.92 Å². The van der Waals surface area contributed by atoms with Crippen molar-refractivity contribution in [3.05, 3.63) is 47.7 Å². The SMILES string of the molecule is CCC(F)(F)C1CC=C(c2cccc3cc(C(=O)O)cnc23)CC1. The van der Waals surface area contributed by atoms with Crippen LogP contribution in [-0.4, -0.2) is 22.0 Å². The maximum Gasteiger partial charge on any atom is 0.337 e. The molecule has 0 radical (unpaired) electrons. The first-order valence-electron chi connectivity index (χ1n) is 8.11. The number of fused-ring (bicyclic) bond motifs is 1. The van der Waals surface area contributed by atoms with E-state index >= 15 is 0 Å². The summed E-state index contributed by atoms with van der Waals surface area (Å²) in [7, 11) is 0. The summed E-state index contributed by atoms with van der Waals surface area (Å²) in [5, 5.41) is 9.81. The van der Waals surface area contributed by atoms with Crippen molar-refractivity contribution in [2.24, 2.45) is 5.92 Å². The maximum atomic E-state index is 13.8. The van der Waals surface area contributed by atoms with Crippen LogP contribution in [0.25, 0.3) is 16.5 Å². The fourth-order valence-corrected chi connectivity index (χ4v) is 3.29. The van der Waals surface area contributed by atoms with E-state index in [0.29, 0.717) is 19.3 Å². The molecule has 1 unspecified atom stereocenters. The number of pyridine rings is 1. The van der Waals surface area contributed by atoms with Gasteiger partial charge in [-0.1, -0.05) is 31.2 Å². The zero-order valence-corrected chi connectivity index (χ0v) is 13.4. The minimum atomic E-state index is -2.62. The van der Waals surface area contributed by atoms with Gasteiger partial charge in [-0.2, -0.15) is 0 Å². The highest BCUT2D eigenvalue weighted by molar-refractivity contribution is 5.96. The number of aromatic carboxylic acids is 1. The number of allylic oxidation sites excluding steroid dienone is 2. The number of halogens is 2. The summed E-state index contributed by atoms with van der Waals surface area (Å²) in [6.07, 6.45) is 4.50. The lowest BCUT2D eigenvalue weighted by molar-refractivity contribution is -0.0636. The number of carboxylic acids is 1. The molecule has 3 nitrogen and oxygen atoms in total. The van der Waals surface area contributed by atoms with Crippen molar-refractivity contribution in [1.82, 2.24) is 4.98 Å². The van der Waals surface area contributed by atoms with Crippen LogP contribution in [0.3, 0.4) is 0 Å². The molecule has 0 saturated carbocycles. The molecule has 0 spiro atoms. The van der Waals surface area contributed by atoms with Crippen molar-refractivity contribution in [3.63, 3.8) is 0 Å². The zero-order valence-electron chi connectivity index (χ0n) is 13.4. The average Bonchev–Trinajstić information content (AvgIpc) is 2.60. The van der Waals surface area contributed by atoms with E-state index in [0.717, 1.165) is 22.0 Å². The van der Waals surface area contributed by atoms with E-state index in [4.69, 9.17) is 5.11 Å². The third-order valence-corrected chi connectivity index (χ3v) is 4.78. The molecule has 1 aromatic heterocycles. The molecule has 1 atom stereocenters. The number of hydrogen-bond acceptors (Lipinski definition) is 2. The summed E-state index contributed by atoms with van der Waals surface area (Å²) in [6, 6.07) is 7.17. The highest BCUT2D eigenvalue weighted by Gasteiger charge is 2.37. The van der Waals surface area contributed by atoms with Gasteiger partial charge in [0.25, 0.3) is 5.92 Å². The van der Waals surface area contributed by atoms with Crippen molar-refractivity contribution >= 4 is 22.4 Å². The van der Waals surface area contributed by atoms with E-state index in [1.165, 1.54) is 13.1 Å². The van der Waals surface area contributed by atoms with Crippen LogP contribution < -0.4 is 0 Å². The lowest BCUT2D eigenvalue weighted by atomic mass is 9.82. The van der Waals surface area contributed by atoms with Crippen LogP contribution in [0.2, 0.25) is 0 Å². The van der Waals surface area contributed by atoms with Crippen LogP contribution in [-0.2, 0) is 0 Å². The van der Waals surface area contributed by atoms with Gasteiger partial charge in [0.05, 0.1) is 11.1 Å².